The molecule has 146 valence electrons. The van der Waals surface area contributed by atoms with Crippen LogP contribution in [0.4, 0.5) is 0 Å². The number of carboxylic acids is 2. The van der Waals surface area contributed by atoms with E-state index in [0.717, 1.165) is 43.8 Å². The van der Waals surface area contributed by atoms with Gasteiger partial charge < -0.3 is 10.2 Å². The first kappa shape index (κ1) is 17.2. The van der Waals surface area contributed by atoms with Crippen LogP contribution in [0.1, 0.15) is 34.1 Å². The molecule has 0 aromatic heterocycles. The van der Waals surface area contributed by atoms with Crippen molar-refractivity contribution in [3.05, 3.63) is 95.1 Å². The summed E-state index contributed by atoms with van der Waals surface area (Å²) in [7, 11) is 0. The highest BCUT2D eigenvalue weighted by molar-refractivity contribution is 5.97. The summed E-state index contributed by atoms with van der Waals surface area (Å²) in [6.07, 6.45) is 0. The number of carboxylic acid groups (broad SMARTS) is 2. The Bertz CT molecular complexity index is 1280. The van der Waals surface area contributed by atoms with Gasteiger partial charge in [0.1, 0.15) is 0 Å². The highest BCUT2D eigenvalue weighted by Gasteiger charge is 2.56. The Morgan fingerprint density at radius 3 is 1.37 bits per heavy atom. The van der Waals surface area contributed by atoms with Crippen molar-refractivity contribution in [3.8, 4) is 0 Å². The average molecular weight is 394 g/mol. The monoisotopic (exact) mass is 394 g/mol. The molecule has 2 N–H and O–H groups in total. The molecule has 3 aliphatic rings. The van der Waals surface area contributed by atoms with E-state index in [9.17, 15) is 19.8 Å². The first-order valence-corrected chi connectivity index (χ1v) is 10.1. The lowest BCUT2D eigenvalue weighted by Gasteiger charge is -2.48. The standard InChI is InChI=1S/C26H18O4/c27-25(28)23-21-18-12-10-14-6-2-4-8-16(14)20(18)22(24(23)26(29)30)17-11-9-13-5-1-3-7-15(13)19(17)21/h1-12,21-24H,(H,27,28)(H,29,30)/t21-,22+,23-,24-/m1/s1. The molecular formula is C26H18O4. The lowest BCUT2D eigenvalue weighted by atomic mass is 9.53. The van der Waals surface area contributed by atoms with Crippen LogP contribution < -0.4 is 0 Å². The Kier molecular flexibility index (Phi) is 3.40. The molecule has 0 radical (unpaired) electrons. The van der Waals surface area contributed by atoms with E-state index in [1.54, 1.807) is 0 Å². The Hall–Kier alpha value is -3.66. The summed E-state index contributed by atoms with van der Waals surface area (Å²) in [5, 5.41) is 24.4. The quantitative estimate of drug-likeness (QED) is 0.503. The van der Waals surface area contributed by atoms with E-state index in [1.165, 1.54) is 0 Å². The molecule has 0 saturated heterocycles. The number of benzene rings is 4. The molecule has 0 heterocycles. The maximum atomic E-state index is 12.4. The van der Waals surface area contributed by atoms with Gasteiger partial charge in [0.15, 0.2) is 0 Å². The Balaban J connectivity index is 1.79. The van der Waals surface area contributed by atoms with Crippen LogP contribution in [0.2, 0.25) is 0 Å². The lowest BCUT2D eigenvalue weighted by Crippen LogP contribution is -2.47. The van der Waals surface area contributed by atoms with Gasteiger partial charge in [0.05, 0.1) is 11.8 Å². The molecular weight excluding hydrogens is 376 g/mol. The van der Waals surface area contributed by atoms with Crippen LogP contribution in [0.25, 0.3) is 21.5 Å². The molecule has 4 nitrogen and oxygen atoms in total. The van der Waals surface area contributed by atoms with Crippen molar-refractivity contribution in [2.75, 3.05) is 0 Å². The molecule has 30 heavy (non-hydrogen) atoms. The fourth-order valence-corrected chi connectivity index (χ4v) is 5.93. The van der Waals surface area contributed by atoms with Gasteiger partial charge in [-0.2, -0.15) is 0 Å². The van der Waals surface area contributed by atoms with Crippen LogP contribution in [0.15, 0.2) is 72.8 Å². The average Bonchev–Trinajstić information content (AvgIpc) is 2.77. The second kappa shape index (κ2) is 5.92. The molecule has 4 aromatic carbocycles. The Labute approximate surface area is 172 Å². The summed E-state index contributed by atoms with van der Waals surface area (Å²) < 4.78 is 0. The van der Waals surface area contributed by atoms with Crippen molar-refractivity contribution in [2.45, 2.75) is 11.8 Å². The van der Waals surface area contributed by atoms with Crippen LogP contribution in [0.3, 0.4) is 0 Å². The molecule has 7 rings (SSSR count). The fraction of sp³-hybridized carbons (Fsp3) is 0.154. The molecule has 4 atom stereocenters. The third kappa shape index (κ3) is 2.05. The van der Waals surface area contributed by atoms with Crippen LogP contribution in [0, 0.1) is 11.8 Å². The second-order valence-corrected chi connectivity index (χ2v) is 8.26. The summed E-state index contributed by atoms with van der Waals surface area (Å²) >= 11 is 0. The zero-order chi connectivity index (χ0) is 20.6. The number of hydrogen-bond donors (Lipinski definition) is 2. The van der Waals surface area contributed by atoms with E-state index in [-0.39, 0.29) is 0 Å². The van der Waals surface area contributed by atoms with Gasteiger partial charge in [0, 0.05) is 11.8 Å². The Morgan fingerprint density at radius 1 is 0.567 bits per heavy atom. The van der Waals surface area contributed by atoms with Crippen LogP contribution in [0.5, 0.6) is 0 Å². The minimum absolute atomic E-state index is 0.491. The van der Waals surface area contributed by atoms with Crippen molar-refractivity contribution in [2.24, 2.45) is 11.8 Å². The first-order chi connectivity index (χ1) is 14.6. The van der Waals surface area contributed by atoms with Gasteiger partial charge in [-0.25, -0.2) is 0 Å². The van der Waals surface area contributed by atoms with Gasteiger partial charge in [-0.1, -0.05) is 72.8 Å². The number of aliphatic carboxylic acids is 2. The third-order valence-electron chi connectivity index (χ3n) is 6.98. The van der Waals surface area contributed by atoms with E-state index < -0.39 is 35.6 Å². The third-order valence-corrected chi connectivity index (χ3v) is 6.98. The van der Waals surface area contributed by atoms with E-state index >= 15 is 0 Å². The molecule has 0 aliphatic heterocycles. The zero-order valence-corrected chi connectivity index (χ0v) is 15.9. The molecule has 0 spiro atoms. The maximum absolute atomic E-state index is 12.4. The topological polar surface area (TPSA) is 74.6 Å². The Morgan fingerprint density at radius 2 is 0.967 bits per heavy atom. The molecule has 0 saturated carbocycles. The first-order valence-electron chi connectivity index (χ1n) is 10.1. The smallest absolute Gasteiger partial charge is 0.308 e. The normalized spacial score (nSPS) is 23.9. The predicted octanol–water partition coefficient (Wildman–Crippen LogP) is 4.99. The van der Waals surface area contributed by atoms with E-state index in [4.69, 9.17) is 0 Å². The van der Waals surface area contributed by atoms with Gasteiger partial charge in [0.25, 0.3) is 0 Å². The van der Waals surface area contributed by atoms with Gasteiger partial charge in [-0.15, -0.1) is 0 Å². The second-order valence-electron chi connectivity index (χ2n) is 8.26. The molecule has 2 bridgehead atoms. The van der Waals surface area contributed by atoms with Crippen molar-refractivity contribution < 1.29 is 19.8 Å². The SMILES string of the molecule is O=C(O)[C@@H]1[C@@H]2c3ccc4ccccc4c3[C@H](c3ccc4ccccc4c32)[C@H]1C(=O)O. The summed E-state index contributed by atoms with van der Waals surface area (Å²) in [6.45, 7) is 0. The van der Waals surface area contributed by atoms with Gasteiger partial charge in [-0.05, 0) is 43.8 Å². The molecule has 0 amide bonds. The molecule has 0 fully saturated rings. The zero-order valence-electron chi connectivity index (χ0n) is 15.9. The minimum atomic E-state index is -1.05. The number of rotatable bonds is 2. The highest BCUT2D eigenvalue weighted by atomic mass is 16.4. The van der Waals surface area contributed by atoms with Crippen LogP contribution in [-0.4, -0.2) is 22.2 Å². The summed E-state index contributed by atoms with van der Waals surface area (Å²) in [6, 6.07) is 24.0. The maximum Gasteiger partial charge on any atom is 0.308 e. The molecule has 4 aromatic rings. The van der Waals surface area contributed by atoms with Gasteiger partial charge >= 0.3 is 11.9 Å². The number of hydrogen-bond acceptors (Lipinski definition) is 2. The fourth-order valence-electron chi connectivity index (χ4n) is 5.93. The number of fused-ring (bicyclic) bond motifs is 3. The molecule has 4 heteroatoms. The minimum Gasteiger partial charge on any atom is -0.481 e. The van der Waals surface area contributed by atoms with E-state index in [2.05, 4.69) is 0 Å². The summed E-state index contributed by atoms with van der Waals surface area (Å²) in [5.74, 6) is -5.08. The lowest BCUT2D eigenvalue weighted by molar-refractivity contribution is -0.156. The highest BCUT2D eigenvalue weighted by Crippen LogP contribution is 2.61. The molecule has 3 aliphatic carbocycles. The van der Waals surface area contributed by atoms with E-state index in [1.807, 2.05) is 72.8 Å². The van der Waals surface area contributed by atoms with E-state index in [0.29, 0.717) is 0 Å². The van der Waals surface area contributed by atoms with Crippen molar-refractivity contribution in [1.29, 1.82) is 0 Å². The summed E-state index contributed by atoms with van der Waals surface area (Å²) in [5.41, 5.74) is 3.86. The van der Waals surface area contributed by atoms with Crippen molar-refractivity contribution in [3.63, 3.8) is 0 Å². The van der Waals surface area contributed by atoms with Crippen molar-refractivity contribution >= 4 is 33.5 Å². The van der Waals surface area contributed by atoms with Crippen LogP contribution >= 0.6 is 0 Å². The van der Waals surface area contributed by atoms with Crippen molar-refractivity contribution in [1.82, 2.24) is 0 Å². The number of carbonyl (C=O) groups is 2. The van der Waals surface area contributed by atoms with Crippen LogP contribution in [-0.2, 0) is 9.59 Å². The summed E-state index contributed by atoms with van der Waals surface area (Å²) in [4.78, 5) is 24.8. The van der Waals surface area contributed by atoms with Gasteiger partial charge in [0.2, 0.25) is 0 Å². The largest absolute Gasteiger partial charge is 0.481 e. The molecule has 0 unspecified atom stereocenters. The predicted molar refractivity (Wildman–Crippen MR) is 114 cm³/mol. The van der Waals surface area contributed by atoms with Gasteiger partial charge in [-0.3, -0.25) is 9.59 Å².